The largest absolute Gasteiger partial charge is 0.480 e. The third-order valence-corrected chi connectivity index (χ3v) is 5.95. The lowest BCUT2D eigenvalue weighted by molar-refractivity contribution is -0.151. The minimum atomic E-state index is -0.857. The van der Waals surface area contributed by atoms with Crippen molar-refractivity contribution in [2.45, 2.75) is 52.8 Å². The normalized spacial score (nSPS) is 16.2. The molecule has 2 aromatic rings. The van der Waals surface area contributed by atoms with Crippen molar-refractivity contribution in [3.63, 3.8) is 0 Å². The molecule has 1 aliphatic rings. The fraction of sp³-hybridized carbons (Fsp3) is 0.520. The summed E-state index contributed by atoms with van der Waals surface area (Å²) >= 11 is 9.12. The summed E-state index contributed by atoms with van der Waals surface area (Å²) in [7, 11) is 0. The molecule has 0 spiro atoms. The number of ether oxygens (including phenoxy) is 1. The number of nitrogens with zero attached hydrogens (tertiary/aromatic N) is 6. The van der Waals surface area contributed by atoms with Crippen LogP contribution in [0.4, 0.5) is 0 Å². The quantitative estimate of drug-likeness (QED) is 0.284. The van der Waals surface area contributed by atoms with E-state index in [4.69, 9.17) is 21.4 Å². The number of aliphatic carboxylic acids is 1. The van der Waals surface area contributed by atoms with Gasteiger partial charge in [-0.15, -0.1) is 10.2 Å². The van der Waals surface area contributed by atoms with Crippen molar-refractivity contribution in [3.05, 3.63) is 46.2 Å². The van der Waals surface area contributed by atoms with Crippen LogP contribution in [0.5, 0.6) is 0 Å². The number of rotatable bonds is 7. The molecule has 11 nitrogen and oxygen atoms in total. The van der Waals surface area contributed by atoms with Gasteiger partial charge in [0.25, 0.3) is 0 Å². The minimum absolute atomic E-state index is 0.00780. The Hall–Kier alpha value is -2.83. The Balaban J connectivity index is 0.000000484. The van der Waals surface area contributed by atoms with Gasteiger partial charge in [0.2, 0.25) is 5.91 Å². The van der Waals surface area contributed by atoms with Crippen molar-refractivity contribution < 1.29 is 24.2 Å². The van der Waals surface area contributed by atoms with Crippen LogP contribution in [-0.4, -0.2) is 96.1 Å². The highest BCUT2D eigenvalue weighted by Gasteiger charge is 2.27. The standard InChI is InChI=1S/C19H23ClN6O3.C6H11BrO2/c1-13-10-24(12-19(28)29)7-8-25(13)18(27)6-4-15-3-5-17(20)9-16(15)11-26-22-14(2)21-23-26;1-6(2,3)9-5(8)4-7/h3-6,9,13H,7-8,10-12H2,1-2H3,(H,28,29);4H2,1-3H3. The smallest absolute Gasteiger partial charge is 0.317 e. The number of piperazine rings is 1. The SMILES string of the molecule is CC(C)(C)OC(=O)CBr.Cc1nnn(Cc2cc(Cl)ccc2C=CC(=O)N2CCN(CC(=O)O)CC2C)n1. The van der Waals surface area contributed by atoms with Crippen molar-refractivity contribution in [1.29, 1.82) is 0 Å². The number of alkyl halides is 1. The van der Waals surface area contributed by atoms with Crippen molar-refractivity contribution in [2.24, 2.45) is 0 Å². The molecule has 1 aliphatic heterocycles. The number of aryl methyl sites for hydroxylation is 1. The summed E-state index contributed by atoms with van der Waals surface area (Å²) in [6.07, 6.45) is 3.30. The molecule has 0 bridgehead atoms. The van der Waals surface area contributed by atoms with Gasteiger partial charge in [-0.05, 0) is 69.2 Å². The summed E-state index contributed by atoms with van der Waals surface area (Å²) in [5.74, 6) is -0.606. The number of carboxylic acid groups (broad SMARTS) is 1. The van der Waals surface area contributed by atoms with Crippen LogP contribution < -0.4 is 0 Å². The molecule has 1 aromatic heterocycles. The monoisotopic (exact) mass is 612 g/mol. The van der Waals surface area contributed by atoms with Crippen molar-refractivity contribution in [3.8, 4) is 0 Å². The minimum Gasteiger partial charge on any atom is -0.480 e. The molecule has 1 amide bonds. The summed E-state index contributed by atoms with van der Waals surface area (Å²) in [5.41, 5.74) is 1.36. The van der Waals surface area contributed by atoms with Gasteiger partial charge in [-0.3, -0.25) is 19.3 Å². The highest BCUT2D eigenvalue weighted by Crippen LogP contribution is 2.19. The number of carboxylic acids is 1. The first-order valence-electron chi connectivity index (χ1n) is 12.0. The fourth-order valence-electron chi connectivity index (χ4n) is 3.74. The van der Waals surface area contributed by atoms with Gasteiger partial charge in [0, 0.05) is 36.8 Å². The average molecular weight is 614 g/mol. The Labute approximate surface area is 235 Å². The number of benzene rings is 1. The van der Waals surface area contributed by atoms with Crippen LogP contribution in [0.2, 0.25) is 5.02 Å². The maximum absolute atomic E-state index is 12.7. The van der Waals surface area contributed by atoms with Gasteiger partial charge < -0.3 is 14.7 Å². The number of carbonyl (C=O) groups is 3. The van der Waals surface area contributed by atoms with E-state index in [9.17, 15) is 14.4 Å². The lowest BCUT2D eigenvalue weighted by atomic mass is 10.1. The molecule has 208 valence electrons. The highest BCUT2D eigenvalue weighted by atomic mass is 79.9. The third kappa shape index (κ3) is 10.9. The average Bonchev–Trinajstić information content (AvgIpc) is 3.21. The first-order chi connectivity index (χ1) is 17.8. The maximum atomic E-state index is 12.7. The number of hydrogen-bond donors (Lipinski definition) is 1. The molecule has 1 unspecified atom stereocenters. The second-order valence-electron chi connectivity index (χ2n) is 9.77. The molecule has 1 fully saturated rings. The van der Waals surface area contributed by atoms with Gasteiger partial charge in [-0.1, -0.05) is 33.6 Å². The summed E-state index contributed by atoms with van der Waals surface area (Å²) in [4.78, 5) is 39.2. The zero-order chi connectivity index (χ0) is 28.5. The van der Waals surface area contributed by atoms with Gasteiger partial charge >= 0.3 is 11.9 Å². The Morgan fingerprint density at radius 2 is 1.97 bits per heavy atom. The number of tetrazole rings is 1. The number of hydrogen-bond acceptors (Lipinski definition) is 8. The fourth-order valence-corrected chi connectivity index (χ4v) is 4.05. The van der Waals surface area contributed by atoms with Gasteiger partial charge in [0.15, 0.2) is 5.82 Å². The van der Waals surface area contributed by atoms with Crippen LogP contribution in [-0.2, 0) is 25.7 Å². The second kappa shape index (κ2) is 14.4. The van der Waals surface area contributed by atoms with Gasteiger partial charge in [-0.2, -0.15) is 4.80 Å². The van der Waals surface area contributed by atoms with Crippen LogP contribution in [0, 0.1) is 6.92 Å². The summed E-state index contributed by atoms with van der Waals surface area (Å²) in [5, 5.41) is 21.8. The van der Waals surface area contributed by atoms with Crippen molar-refractivity contribution in [2.75, 3.05) is 31.5 Å². The summed E-state index contributed by atoms with van der Waals surface area (Å²) in [6, 6.07) is 5.37. The molecule has 0 aliphatic carbocycles. The predicted molar refractivity (Wildman–Crippen MR) is 147 cm³/mol. The van der Waals surface area contributed by atoms with E-state index in [2.05, 4.69) is 31.3 Å². The summed E-state index contributed by atoms with van der Waals surface area (Å²) in [6.45, 7) is 11.2. The molecule has 1 saturated heterocycles. The van der Waals surface area contributed by atoms with Crippen LogP contribution in [0.1, 0.15) is 44.6 Å². The molecular weight excluding hydrogens is 580 g/mol. The number of esters is 1. The molecule has 0 radical (unpaired) electrons. The maximum Gasteiger partial charge on any atom is 0.317 e. The van der Waals surface area contributed by atoms with E-state index in [1.54, 1.807) is 24.0 Å². The van der Waals surface area contributed by atoms with Gasteiger partial charge in [-0.25, -0.2) is 0 Å². The van der Waals surface area contributed by atoms with Crippen LogP contribution in [0.15, 0.2) is 24.3 Å². The molecular formula is C25H34BrClN6O5. The number of aromatic nitrogens is 4. The van der Waals surface area contributed by atoms with Crippen LogP contribution >= 0.6 is 27.5 Å². The molecule has 38 heavy (non-hydrogen) atoms. The zero-order valence-corrected chi connectivity index (χ0v) is 24.6. The van der Waals surface area contributed by atoms with E-state index < -0.39 is 5.97 Å². The summed E-state index contributed by atoms with van der Waals surface area (Å²) < 4.78 is 4.90. The molecule has 1 atom stereocenters. The number of halogens is 2. The van der Waals surface area contributed by atoms with Gasteiger partial charge in [0.1, 0.15) is 10.9 Å². The Kier molecular flexibility index (Phi) is 11.9. The molecule has 2 heterocycles. The number of carbonyl (C=O) groups excluding carboxylic acids is 2. The Morgan fingerprint density at radius 3 is 2.50 bits per heavy atom. The molecule has 0 saturated carbocycles. The van der Waals surface area contributed by atoms with E-state index in [0.717, 1.165) is 11.1 Å². The molecule has 1 N–H and O–H groups in total. The van der Waals surface area contributed by atoms with Crippen molar-refractivity contribution >= 4 is 51.5 Å². The van der Waals surface area contributed by atoms with E-state index in [1.165, 1.54) is 10.9 Å². The van der Waals surface area contributed by atoms with Crippen LogP contribution in [0.3, 0.4) is 0 Å². The first kappa shape index (κ1) is 31.4. The third-order valence-electron chi connectivity index (χ3n) is 5.26. The van der Waals surface area contributed by atoms with Crippen LogP contribution in [0.25, 0.3) is 6.08 Å². The number of amides is 1. The van der Waals surface area contributed by atoms with Crippen molar-refractivity contribution in [1.82, 2.24) is 30.0 Å². The highest BCUT2D eigenvalue weighted by molar-refractivity contribution is 9.09. The molecule has 3 rings (SSSR count). The molecule has 13 heteroatoms. The van der Waals surface area contributed by atoms with E-state index in [-0.39, 0.29) is 35.4 Å². The zero-order valence-electron chi connectivity index (χ0n) is 22.2. The lowest BCUT2D eigenvalue weighted by Crippen LogP contribution is -2.54. The lowest BCUT2D eigenvalue weighted by Gasteiger charge is -2.38. The predicted octanol–water partition coefficient (Wildman–Crippen LogP) is 3.04. The van der Waals surface area contributed by atoms with Gasteiger partial charge in [0.05, 0.1) is 13.1 Å². The Bertz CT molecular complexity index is 1150. The van der Waals surface area contributed by atoms with E-state index >= 15 is 0 Å². The Morgan fingerprint density at radius 1 is 1.26 bits per heavy atom. The van der Waals surface area contributed by atoms with E-state index in [0.29, 0.717) is 37.0 Å². The van der Waals surface area contributed by atoms with E-state index in [1.807, 2.05) is 44.7 Å². The topological polar surface area (TPSA) is 131 Å². The molecule has 1 aromatic carbocycles. The first-order valence-corrected chi connectivity index (χ1v) is 13.5. The second-order valence-corrected chi connectivity index (χ2v) is 10.8.